The SMILES string of the molecule is CC(C)(N)CCC(C)(N)I. The first-order valence-corrected chi connectivity index (χ1v) is 4.55. The van der Waals surface area contributed by atoms with Gasteiger partial charge < -0.3 is 11.5 Å². The van der Waals surface area contributed by atoms with Crippen LogP contribution in [0.3, 0.4) is 0 Å². The van der Waals surface area contributed by atoms with E-state index in [9.17, 15) is 0 Å². The third-order valence-corrected chi connectivity index (χ3v) is 1.80. The molecular formula is C7H17IN2. The lowest BCUT2D eigenvalue weighted by molar-refractivity contribution is 0.431. The van der Waals surface area contributed by atoms with Crippen LogP contribution in [0.2, 0.25) is 0 Å². The number of hydrogen-bond donors (Lipinski definition) is 2. The second-order valence-electron chi connectivity index (χ2n) is 3.77. The Morgan fingerprint density at radius 1 is 1.10 bits per heavy atom. The molecule has 0 saturated carbocycles. The molecule has 0 aliphatic rings. The van der Waals surface area contributed by atoms with Gasteiger partial charge in [-0.05, 0) is 33.6 Å². The van der Waals surface area contributed by atoms with E-state index in [0.29, 0.717) is 0 Å². The van der Waals surface area contributed by atoms with Crippen LogP contribution in [-0.4, -0.2) is 9.08 Å². The van der Waals surface area contributed by atoms with Gasteiger partial charge in [0.05, 0.1) is 3.55 Å². The van der Waals surface area contributed by atoms with Crippen LogP contribution in [0.25, 0.3) is 0 Å². The Morgan fingerprint density at radius 3 is 1.60 bits per heavy atom. The van der Waals surface area contributed by atoms with Crippen molar-refractivity contribution in [1.29, 1.82) is 0 Å². The molecule has 2 nitrogen and oxygen atoms in total. The molecule has 0 aromatic rings. The lowest BCUT2D eigenvalue weighted by Crippen LogP contribution is -2.37. The Balaban J connectivity index is 3.56. The number of halogens is 1. The molecule has 1 unspecified atom stereocenters. The molecular weight excluding hydrogens is 239 g/mol. The van der Waals surface area contributed by atoms with Crippen molar-refractivity contribution >= 4 is 22.6 Å². The van der Waals surface area contributed by atoms with Crippen LogP contribution >= 0.6 is 22.6 Å². The van der Waals surface area contributed by atoms with Crippen LogP contribution < -0.4 is 11.5 Å². The molecule has 0 radical (unpaired) electrons. The van der Waals surface area contributed by atoms with Crippen LogP contribution in [0.5, 0.6) is 0 Å². The fourth-order valence-corrected chi connectivity index (χ4v) is 0.836. The highest BCUT2D eigenvalue weighted by atomic mass is 127. The Hall–Kier alpha value is 0.650. The third kappa shape index (κ3) is 8.65. The van der Waals surface area contributed by atoms with Gasteiger partial charge in [-0.25, -0.2) is 0 Å². The van der Waals surface area contributed by atoms with Crippen molar-refractivity contribution in [3.05, 3.63) is 0 Å². The minimum Gasteiger partial charge on any atom is -0.326 e. The van der Waals surface area contributed by atoms with Gasteiger partial charge >= 0.3 is 0 Å². The van der Waals surface area contributed by atoms with Gasteiger partial charge in [0.1, 0.15) is 0 Å². The topological polar surface area (TPSA) is 52.0 Å². The Labute approximate surface area is 76.9 Å². The summed E-state index contributed by atoms with van der Waals surface area (Å²) in [5.41, 5.74) is 11.5. The summed E-state index contributed by atoms with van der Waals surface area (Å²) in [5.74, 6) is 0. The highest BCUT2D eigenvalue weighted by Gasteiger charge is 2.18. The monoisotopic (exact) mass is 256 g/mol. The van der Waals surface area contributed by atoms with Gasteiger partial charge in [0.15, 0.2) is 0 Å². The van der Waals surface area contributed by atoms with Crippen molar-refractivity contribution in [2.45, 2.75) is 42.7 Å². The summed E-state index contributed by atoms with van der Waals surface area (Å²) in [6.07, 6.45) is 1.94. The smallest absolute Gasteiger partial charge is 0.0652 e. The van der Waals surface area contributed by atoms with Gasteiger partial charge in [0.2, 0.25) is 0 Å². The second-order valence-corrected chi connectivity index (χ2v) is 6.23. The Kier molecular flexibility index (Phi) is 3.58. The van der Waals surface area contributed by atoms with E-state index in [-0.39, 0.29) is 9.08 Å². The molecule has 0 aromatic carbocycles. The first kappa shape index (κ1) is 10.7. The molecule has 0 aliphatic heterocycles. The van der Waals surface area contributed by atoms with Crippen molar-refractivity contribution in [1.82, 2.24) is 0 Å². The maximum atomic E-state index is 5.78. The fourth-order valence-electron chi connectivity index (χ4n) is 0.567. The van der Waals surface area contributed by atoms with Gasteiger partial charge in [-0.1, -0.05) is 22.6 Å². The molecule has 3 heteroatoms. The molecule has 4 N–H and O–H groups in total. The molecule has 0 spiro atoms. The van der Waals surface area contributed by atoms with E-state index in [4.69, 9.17) is 11.5 Å². The molecule has 1 atom stereocenters. The molecule has 0 bridgehead atoms. The number of nitrogens with two attached hydrogens (primary N) is 2. The van der Waals surface area contributed by atoms with Gasteiger partial charge in [0.25, 0.3) is 0 Å². The zero-order chi connectivity index (χ0) is 8.41. The highest BCUT2D eigenvalue weighted by Crippen LogP contribution is 2.20. The van der Waals surface area contributed by atoms with Crippen LogP contribution in [-0.2, 0) is 0 Å². The molecule has 0 heterocycles. The summed E-state index contributed by atoms with van der Waals surface area (Å²) in [7, 11) is 0. The number of rotatable bonds is 3. The summed E-state index contributed by atoms with van der Waals surface area (Å²) in [6.45, 7) is 6.06. The van der Waals surface area contributed by atoms with E-state index in [0.717, 1.165) is 12.8 Å². The predicted molar refractivity (Wildman–Crippen MR) is 54.1 cm³/mol. The highest BCUT2D eigenvalue weighted by molar-refractivity contribution is 14.1. The zero-order valence-electron chi connectivity index (χ0n) is 6.95. The zero-order valence-corrected chi connectivity index (χ0v) is 9.10. The summed E-state index contributed by atoms with van der Waals surface area (Å²) < 4.78 is -0.103. The standard InChI is InChI=1S/C7H17IN2/c1-6(2,9)4-5-7(3,8)10/h4-5,9-10H2,1-3H3. The van der Waals surface area contributed by atoms with Crippen molar-refractivity contribution in [2.75, 3.05) is 0 Å². The maximum Gasteiger partial charge on any atom is 0.0652 e. The average molecular weight is 256 g/mol. The van der Waals surface area contributed by atoms with E-state index in [1.165, 1.54) is 0 Å². The second kappa shape index (κ2) is 3.36. The molecule has 10 heavy (non-hydrogen) atoms. The van der Waals surface area contributed by atoms with Crippen LogP contribution in [0.15, 0.2) is 0 Å². The first-order chi connectivity index (χ1) is 4.21. The van der Waals surface area contributed by atoms with Crippen molar-refractivity contribution in [3.8, 4) is 0 Å². The van der Waals surface area contributed by atoms with E-state index in [1.807, 2.05) is 20.8 Å². The lowest BCUT2D eigenvalue weighted by Gasteiger charge is -2.23. The Morgan fingerprint density at radius 2 is 1.50 bits per heavy atom. The van der Waals surface area contributed by atoms with E-state index in [2.05, 4.69) is 22.6 Å². The predicted octanol–water partition coefficient (Wildman–Crippen LogP) is 1.61. The van der Waals surface area contributed by atoms with Gasteiger partial charge in [-0.15, -0.1) is 0 Å². The molecule has 0 fully saturated rings. The van der Waals surface area contributed by atoms with E-state index >= 15 is 0 Å². The summed E-state index contributed by atoms with van der Waals surface area (Å²) in [6, 6.07) is 0. The Bertz CT molecular complexity index is 85.2. The van der Waals surface area contributed by atoms with Crippen LogP contribution in [0.4, 0.5) is 0 Å². The minimum atomic E-state index is -0.103. The summed E-state index contributed by atoms with van der Waals surface area (Å²) in [5, 5.41) is 0. The first-order valence-electron chi connectivity index (χ1n) is 3.47. The average Bonchev–Trinajstić information content (AvgIpc) is 1.57. The molecule has 62 valence electrons. The summed E-state index contributed by atoms with van der Waals surface area (Å²) >= 11 is 2.24. The molecule has 0 amide bonds. The van der Waals surface area contributed by atoms with Crippen molar-refractivity contribution < 1.29 is 0 Å². The van der Waals surface area contributed by atoms with Crippen molar-refractivity contribution in [2.24, 2.45) is 11.5 Å². The normalized spacial score (nSPS) is 18.6. The largest absolute Gasteiger partial charge is 0.326 e. The van der Waals surface area contributed by atoms with Gasteiger partial charge in [-0.3, -0.25) is 0 Å². The number of hydrogen-bond acceptors (Lipinski definition) is 2. The molecule has 0 aromatic heterocycles. The minimum absolute atomic E-state index is 0.0776. The molecule has 0 saturated heterocycles. The fraction of sp³-hybridized carbons (Fsp3) is 1.00. The lowest BCUT2D eigenvalue weighted by atomic mass is 9.98. The van der Waals surface area contributed by atoms with Gasteiger partial charge in [0, 0.05) is 5.54 Å². The number of alkyl halides is 1. The van der Waals surface area contributed by atoms with E-state index in [1.54, 1.807) is 0 Å². The van der Waals surface area contributed by atoms with Crippen molar-refractivity contribution in [3.63, 3.8) is 0 Å². The van der Waals surface area contributed by atoms with Crippen LogP contribution in [0.1, 0.15) is 33.6 Å². The quantitative estimate of drug-likeness (QED) is 0.458. The third-order valence-electron chi connectivity index (χ3n) is 1.26. The van der Waals surface area contributed by atoms with Crippen LogP contribution in [0, 0.1) is 0 Å². The molecule has 0 aliphatic carbocycles. The summed E-state index contributed by atoms with van der Waals surface area (Å²) in [4.78, 5) is 0. The van der Waals surface area contributed by atoms with Gasteiger partial charge in [-0.2, -0.15) is 0 Å². The molecule has 0 rings (SSSR count). The maximum absolute atomic E-state index is 5.78. The van der Waals surface area contributed by atoms with E-state index < -0.39 is 0 Å².